The Morgan fingerprint density at radius 1 is 1.08 bits per heavy atom. The molecule has 5 rings (SSSR count). The number of methoxy groups -OCH3 is 1. The van der Waals surface area contributed by atoms with Gasteiger partial charge in [-0.2, -0.15) is 4.98 Å². The van der Waals surface area contributed by atoms with E-state index < -0.39 is 11.6 Å². The van der Waals surface area contributed by atoms with Gasteiger partial charge in [-0.1, -0.05) is 18.0 Å². The standard InChI is InChI=1S/C28H33ClF2N6O2/c1-35-11-5-4-6-24(35)27(38)36(2)18-9-12-37(13-10-18)28-33-23-16-25(39-3)21(31)15-19(23)26(34-28)32-22-8-7-17(29)14-20(22)30/h7-8,14-16,18,24H,4-6,9-13H2,1-3H3,(H,32,33,34). The molecule has 39 heavy (non-hydrogen) atoms. The zero-order chi connectivity index (χ0) is 27.7. The van der Waals surface area contributed by atoms with Crippen LogP contribution in [-0.4, -0.2) is 78.6 Å². The van der Waals surface area contributed by atoms with Gasteiger partial charge in [0.25, 0.3) is 0 Å². The summed E-state index contributed by atoms with van der Waals surface area (Å²) in [4.78, 5) is 28.7. The fourth-order valence-corrected chi connectivity index (χ4v) is 5.64. The van der Waals surface area contributed by atoms with Gasteiger partial charge in [0.15, 0.2) is 11.6 Å². The number of nitrogens with zero attached hydrogens (tertiary/aromatic N) is 5. The van der Waals surface area contributed by atoms with Gasteiger partial charge in [0.1, 0.15) is 11.6 Å². The summed E-state index contributed by atoms with van der Waals surface area (Å²) in [5, 5.41) is 3.65. The normalized spacial score (nSPS) is 18.8. The van der Waals surface area contributed by atoms with Crippen LogP contribution in [-0.2, 0) is 4.79 Å². The Balaban J connectivity index is 1.39. The van der Waals surface area contributed by atoms with Crippen LogP contribution in [0.5, 0.6) is 5.75 Å². The molecular weight excluding hydrogens is 526 g/mol. The monoisotopic (exact) mass is 558 g/mol. The van der Waals surface area contributed by atoms with E-state index in [2.05, 4.69) is 15.2 Å². The second-order valence-electron chi connectivity index (χ2n) is 10.3. The quantitative estimate of drug-likeness (QED) is 0.444. The molecule has 3 aromatic rings. The fraction of sp³-hybridized carbons (Fsp3) is 0.464. The molecule has 0 aliphatic carbocycles. The van der Waals surface area contributed by atoms with Crippen LogP contribution in [0.1, 0.15) is 32.1 Å². The van der Waals surface area contributed by atoms with Crippen LogP contribution >= 0.6 is 11.6 Å². The average molecular weight is 559 g/mol. The van der Waals surface area contributed by atoms with Crippen molar-refractivity contribution >= 4 is 45.9 Å². The average Bonchev–Trinajstić information content (AvgIpc) is 2.94. The molecular formula is C28H33ClF2N6O2. The Hall–Kier alpha value is -3.24. The number of nitrogens with one attached hydrogen (secondary N) is 1. The van der Waals surface area contributed by atoms with Crippen molar-refractivity contribution in [3.05, 3.63) is 47.0 Å². The van der Waals surface area contributed by atoms with Crippen molar-refractivity contribution in [1.29, 1.82) is 0 Å². The number of anilines is 3. The molecule has 3 heterocycles. The van der Waals surface area contributed by atoms with Gasteiger partial charge >= 0.3 is 0 Å². The number of carbonyl (C=O) groups excluding carboxylic acids is 1. The Labute approximate surface area is 231 Å². The van der Waals surface area contributed by atoms with Crippen molar-refractivity contribution in [2.24, 2.45) is 0 Å². The lowest BCUT2D eigenvalue weighted by molar-refractivity contribution is -0.138. The summed E-state index contributed by atoms with van der Waals surface area (Å²) in [5.74, 6) is -0.175. The van der Waals surface area contributed by atoms with Crippen LogP contribution in [0.4, 0.5) is 26.2 Å². The van der Waals surface area contributed by atoms with Gasteiger partial charge in [0.05, 0.1) is 24.4 Å². The van der Waals surface area contributed by atoms with Crippen LogP contribution < -0.4 is 15.0 Å². The summed E-state index contributed by atoms with van der Waals surface area (Å²) in [6, 6.07) is 7.14. The molecule has 0 radical (unpaired) electrons. The number of ether oxygens (including phenoxy) is 1. The molecule has 0 bridgehead atoms. The van der Waals surface area contributed by atoms with Crippen molar-refractivity contribution in [3.8, 4) is 5.75 Å². The number of amides is 1. The first-order valence-electron chi connectivity index (χ1n) is 13.2. The molecule has 208 valence electrons. The maximum absolute atomic E-state index is 14.6. The summed E-state index contributed by atoms with van der Waals surface area (Å²) >= 11 is 5.91. The number of carbonyl (C=O) groups is 1. The zero-order valence-corrected chi connectivity index (χ0v) is 23.1. The fourth-order valence-electron chi connectivity index (χ4n) is 5.48. The Morgan fingerprint density at radius 3 is 2.54 bits per heavy atom. The number of aromatic nitrogens is 2. The number of halogens is 3. The first-order chi connectivity index (χ1) is 18.7. The number of hydrogen-bond acceptors (Lipinski definition) is 7. The van der Waals surface area contributed by atoms with E-state index in [9.17, 15) is 13.6 Å². The summed E-state index contributed by atoms with van der Waals surface area (Å²) in [6.07, 6.45) is 4.64. The van der Waals surface area contributed by atoms with Crippen LogP contribution in [0.3, 0.4) is 0 Å². The second kappa shape index (κ2) is 11.5. The number of hydrogen-bond donors (Lipinski definition) is 1. The van der Waals surface area contributed by atoms with E-state index in [1.807, 2.05) is 23.9 Å². The number of fused-ring (bicyclic) bond motifs is 1. The molecule has 8 nitrogen and oxygen atoms in total. The maximum Gasteiger partial charge on any atom is 0.239 e. The molecule has 0 spiro atoms. The van der Waals surface area contributed by atoms with Crippen molar-refractivity contribution in [3.63, 3.8) is 0 Å². The van der Waals surface area contributed by atoms with Gasteiger partial charge in [0.2, 0.25) is 11.9 Å². The molecule has 0 saturated carbocycles. The summed E-state index contributed by atoms with van der Waals surface area (Å²) in [7, 11) is 5.32. The lowest BCUT2D eigenvalue weighted by Crippen LogP contribution is -2.53. The topological polar surface area (TPSA) is 73.8 Å². The first-order valence-corrected chi connectivity index (χ1v) is 13.6. The summed E-state index contributed by atoms with van der Waals surface area (Å²) in [5.41, 5.74) is 0.623. The van der Waals surface area contributed by atoms with Gasteiger partial charge in [-0.3, -0.25) is 9.69 Å². The van der Waals surface area contributed by atoms with Gasteiger partial charge in [-0.25, -0.2) is 13.8 Å². The molecule has 1 aromatic heterocycles. The smallest absolute Gasteiger partial charge is 0.239 e. The third-order valence-corrected chi connectivity index (χ3v) is 8.07. The molecule has 2 aliphatic rings. The minimum Gasteiger partial charge on any atom is -0.494 e. The highest BCUT2D eigenvalue weighted by Gasteiger charge is 2.33. The lowest BCUT2D eigenvalue weighted by Gasteiger charge is -2.40. The van der Waals surface area contributed by atoms with Gasteiger partial charge < -0.3 is 19.9 Å². The highest BCUT2D eigenvalue weighted by molar-refractivity contribution is 6.30. The number of benzene rings is 2. The van der Waals surface area contributed by atoms with Gasteiger partial charge in [0, 0.05) is 42.7 Å². The van der Waals surface area contributed by atoms with Gasteiger partial charge in [-0.05, 0) is 63.5 Å². The Morgan fingerprint density at radius 2 is 1.85 bits per heavy atom. The van der Waals surface area contributed by atoms with Crippen molar-refractivity contribution in [1.82, 2.24) is 19.8 Å². The van der Waals surface area contributed by atoms with Crippen molar-refractivity contribution in [2.75, 3.05) is 51.1 Å². The summed E-state index contributed by atoms with van der Waals surface area (Å²) < 4.78 is 34.4. The largest absolute Gasteiger partial charge is 0.494 e. The molecule has 1 amide bonds. The Bertz CT molecular complexity index is 1370. The maximum atomic E-state index is 14.6. The molecule has 11 heteroatoms. The third kappa shape index (κ3) is 5.72. The van der Waals surface area contributed by atoms with E-state index in [0.29, 0.717) is 29.9 Å². The van der Waals surface area contributed by atoms with E-state index in [1.165, 1.54) is 31.4 Å². The predicted octanol–water partition coefficient (Wildman–Crippen LogP) is 5.23. The molecule has 2 aromatic carbocycles. The Kier molecular flexibility index (Phi) is 8.04. The SMILES string of the molecule is COc1cc2nc(N3CCC(N(C)C(=O)C4CCCCN4C)CC3)nc(Nc3ccc(Cl)cc3F)c2cc1F. The molecule has 1 atom stereocenters. The van der Waals surface area contributed by atoms with E-state index in [1.54, 1.807) is 6.07 Å². The zero-order valence-electron chi connectivity index (χ0n) is 22.4. The van der Waals surface area contributed by atoms with E-state index in [0.717, 1.165) is 38.6 Å². The van der Waals surface area contributed by atoms with E-state index >= 15 is 0 Å². The molecule has 2 aliphatic heterocycles. The third-order valence-electron chi connectivity index (χ3n) is 7.84. The highest BCUT2D eigenvalue weighted by Crippen LogP contribution is 2.33. The van der Waals surface area contributed by atoms with Gasteiger partial charge in [-0.15, -0.1) is 0 Å². The van der Waals surface area contributed by atoms with Crippen LogP contribution in [0.15, 0.2) is 30.3 Å². The number of likely N-dealkylation sites (tertiary alicyclic amines) is 1. The minimum atomic E-state index is -0.571. The predicted molar refractivity (Wildman–Crippen MR) is 149 cm³/mol. The molecule has 1 N–H and O–H groups in total. The molecule has 2 fully saturated rings. The first kappa shape index (κ1) is 27.3. The lowest BCUT2D eigenvalue weighted by atomic mass is 9.99. The molecule has 1 unspecified atom stereocenters. The number of likely N-dealkylation sites (N-methyl/N-ethyl adjacent to an activating group) is 2. The van der Waals surface area contributed by atoms with Crippen LogP contribution in [0.25, 0.3) is 10.9 Å². The number of piperidine rings is 2. The molecule has 2 saturated heterocycles. The highest BCUT2D eigenvalue weighted by atomic mass is 35.5. The van der Waals surface area contributed by atoms with E-state index in [4.69, 9.17) is 21.3 Å². The summed E-state index contributed by atoms with van der Waals surface area (Å²) in [6.45, 7) is 2.23. The van der Waals surface area contributed by atoms with E-state index in [-0.39, 0.29) is 40.3 Å². The second-order valence-corrected chi connectivity index (χ2v) is 10.7. The number of rotatable bonds is 6. The van der Waals surface area contributed by atoms with Crippen LogP contribution in [0.2, 0.25) is 5.02 Å². The van der Waals surface area contributed by atoms with Crippen LogP contribution in [0, 0.1) is 11.6 Å². The van der Waals surface area contributed by atoms with Crippen molar-refractivity contribution in [2.45, 2.75) is 44.2 Å². The van der Waals surface area contributed by atoms with Crippen molar-refractivity contribution < 1.29 is 18.3 Å². The minimum absolute atomic E-state index is 0.0529.